The van der Waals surface area contributed by atoms with Gasteiger partial charge in [-0.15, -0.1) is 0 Å². The number of amides is 1. The Hall–Kier alpha value is -2.03. The topological polar surface area (TPSA) is 83.2 Å². The molecule has 1 aliphatic heterocycles. The number of aromatic nitrogens is 3. The minimum Gasteiger partial charge on any atom is -0.396 e. The van der Waals surface area contributed by atoms with Gasteiger partial charge in [-0.2, -0.15) is 5.10 Å². The Morgan fingerprint density at radius 1 is 1.32 bits per heavy atom. The molecule has 2 aromatic heterocycles. The summed E-state index contributed by atoms with van der Waals surface area (Å²) in [6.07, 6.45) is 0. The van der Waals surface area contributed by atoms with E-state index in [1.165, 1.54) is 0 Å². The number of hydrogen-bond acceptors (Lipinski definition) is 6. The lowest BCUT2D eigenvalue weighted by atomic mass is 9.96. The van der Waals surface area contributed by atoms with E-state index in [4.69, 9.17) is 4.74 Å². The van der Waals surface area contributed by atoms with Gasteiger partial charge in [0.1, 0.15) is 5.56 Å². The average Bonchev–Trinajstić information content (AvgIpc) is 3.20. The van der Waals surface area contributed by atoms with Gasteiger partial charge < -0.3 is 19.6 Å². The summed E-state index contributed by atoms with van der Waals surface area (Å²) in [5, 5.41) is 14.4. The van der Waals surface area contributed by atoms with Gasteiger partial charge in [-0.1, -0.05) is 0 Å². The molecule has 0 spiro atoms. The summed E-state index contributed by atoms with van der Waals surface area (Å²) in [5.74, 6) is 0.257. The van der Waals surface area contributed by atoms with Gasteiger partial charge in [0.2, 0.25) is 0 Å². The smallest absolute Gasteiger partial charge is 0.259 e. The highest BCUT2D eigenvalue weighted by molar-refractivity contribution is 6.01. The lowest BCUT2D eigenvalue weighted by Gasteiger charge is -2.23. The van der Waals surface area contributed by atoms with E-state index in [0.717, 1.165) is 24.5 Å². The third-order valence-corrected chi connectivity index (χ3v) is 5.61. The lowest BCUT2D eigenvalue weighted by Crippen LogP contribution is -2.34. The van der Waals surface area contributed by atoms with Crippen molar-refractivity contribution >= 4 is 11.6 Å². The molecule has 0 aromatic carbocycles. The minimum absolute atomic E-state index is 0.0505. The van der Waals surface area contributed by atoms with Crippen LogP contribution in [0.25, 0.3) is 5.65 Å². The minimum atomic E-state index is -0.0505. The van der Waals surface area contributed by atoms with Crippen LogP contribution in [0.3, 0.4) is 0 Å². The molecule has 3 heterocycles. The molecule has 2 aromatic rings. The van der Waals surface area contributed by atoms with Gasteiger partial charge >= 0.3 is 0 Å². The van der Waals surface area contributed by atoms with E-state index in [2.05, 4.69) is 15.0 Å². The van der Waals surface area contributed by atoms with Gasteiger partial charge in [0.05, 0.1) is 12.3 Å². The third kappa shape index (κ3) is 4.04. The molecule has 3 rings (SSSR count). The third-order valence-electron chi connectivity index (χ3n) is 5.61. The lowest BCUT2D eigenvalue weighted by molar-refractivity contribution is 0.0779. The fourth-order valence-corrected chi connectivity index (χ4v) is 4.09. The molecule has 0 bridgehead atoms. The molecule has 1 aliphatic rings. The molecular weight excluding hydrogens is 358 g/mol. The fourth-order valence-electron chi connectivity index (χ4n) is 4.09. The van der Waals surface area contributed by atoms with E-state index < -0.39 is 0 Å². The highest BCUT2D eigenvalue weighted by Crippen LogP contribution is 2.27. The van der Waals surface area contributed by atoms with Crippen molar-refractivity contribution in [3.8, 4) is 0 Å². The highest BCUT2D eigenvalue weighted by atomic mass is 16.5. The van der Waals surface area contributed by atoms with Crippen LogP contribution in [-0.2, 0) is 4.74 Å². The number of aliphatic hydroxyl groups excluding tert-OH is 1. The molecule has 154 valence electrons. The number of nitrogens with zero attached hydrogens (tertiary/aromatic N) is 5. The van der Waals surface area contributed by atoms with Crippen LogP contribution >= 0.6 is 0 Å². The molecule has 0 aliphatic carbocycles. The summed E-state index contributed by atoms with van der Waals surface area (Å²) in [6, 6.07) is 1.96. The Bertz CT molecular complexity index is 850. The van der Waals surface area contributed by atoms with Crippen LogP contribution < -0.4 is 0 Å². The molecule has 1 fully saturated rings. The number of carbonyl (C=O) groups excluding carboxylic acids is 1. The predicted octanol–water partition coefficient (Wildman–Crippen LogP) is 0.913. The van der Waals surface area contributed by atoms with Crippen molar-refractivity contribution < 1.29 is 14.6 Å². The number of aryl methyl sites for hydroxylation is 3. The normalized spacial score (nSPS) is 19.9. The van der Waals surface area contributed by atoms with E-state index in [9.17, 15) is 9.90 Å². The maximum atomic E-state index is 13.3. The molecule has 0 saturated carbocycles. The van der Waals surface area contributed by atoms with Gasteiger partial charge in [-0.05, 0) is 39.8 Å². The molecular formula is C20H31N5O3. The summed E-state index contributed by atoms with van der Waals surface area (Å²) < 4.78 is 6.88. The SMILES string of the molecule is COCCN(C)CC1CN(C(=O)c2c(C)nn3c(C)cc(C)nc23)CC1CO. The second-order valence-corrected chi connectivity index (χ2v) is 7.90. The van der Waals surface area contributed by atoms with Crippen LogP contribution in [-0.4, -0.2) is 89.0 Å². The fraction of sp³-hybridized carbons (Fsp3) is 0.650. The van der Waals surface area contributed by atoms with Crippen molar-refractivity contribution in [3.63, 3.8) is 0 Å². The zero-order chi connectivity index (χ0) is 20.4. The summed E-state index contributed by atoms with van der Waals surface area (Å²) in [4.78, 5) is 22.0. The molecule has 28 heavy (non-hydrogen) atoms. The molecule has 1 N–H and O–H groups in total. The van der Waals surface area contributed by atoms with E-state index in [1.54, 1.807) is 11.6 Å². The van der Waals surface area contributed by atoms with Gasteiger partial charge in [-0.3, -0.25) is 4.79 Å². The van der Waals surface area contributed by atoms with Crippen LogP contribution in [0.1, 0.15) is 27.4 Å². The number of rotatable bonds is 7. The van der Waals surface area contributed by atoms with Gasteiger partial charge in [0, 0.05) is 57.2 Å². The first-order chi connectivity index (χ1) is 13.3. The summed E-state index contributed by atoms with van der Waals surface area (Å²) in [6.45, 7) is 9.32. The largest absolute Gasteiger partial charge is 0.396 e. The Labute approximate surface area is 166 Å². The number of hydrogen-bond donors (Lipinski definition) is 1. The second kappa shape index (κ2) is 8.55. The Morgan fingerprint density at radius 3 is 2.71 bits per heavy atom. The predicted molar refractivity (Wildman–Crippen MR) is 107 cm³/mol. The van der Waals surface area contributed by atoms with E-state index >= 15 is 0 Å². The Balaban J connectivity index is 1.82. The van der Waals surface area contributed by atoms with E-state index in [-0.39, 0.29) is 24.3 Å². The summed E-state index contributed by atoms with van der Waals surface area (Å²) in [5.41, 5.74) is 3.69. The van der Waals surface area contributed by atoms with Crippen molar-refractivity contribution in [1.29, 1.82) is 0 Å². The number of likely N-dealkylation sites (N-methyl/N-ethyl adjacent to an activating group) is 1. The number of methoxy groups -OCH3 is 1. The van der Waals surface area contributed by atoms with Crippen LogP contribution in [0.4, 0.5) is 0 Å². The monoisotopic (exact) mass is 389 g/mol. The summed E-state index contributed by atoms with van der Waals surface area (Å²) in [7, 11) is 3.74. The van der Waals surface area contributed by atoms with E-state index in [1.807, 2.05) is 38.8 Å². The first-order valence-electron chi connectivity index (χ1n) is 9.76. The molecule has 2 atom stereocenters. The standard InChI is InChI=1S/C20H31N5O3/c1-13-8-14(2)25-19(21-13)18(15(3)22-25)20(27)24-10-16(17(11-24)12-26)9-23(4)6-7-28-5/h8,16-17,26H,6-7,9-12H2,1-5H3. The van der Waals surface area contributed by atoms with E-state index in [0.29, 0.717) is 36.6 Å². The molecule has 2 unspecified atom stereocenters. The van der Waals surface area contributed by atoms with Crippen molar-refractivity contribution in [3.05, 3.63) is 28.7 Å². The quantitative estimate of drug-likeness (QED) is 0.758. The van der Waals surface area contributed by atoms with Crippen LogP contribution in [0, 0.1) is 32.6 Å². The zero-order valence-corrected chi connectivity index (χ0v) is 17.5. The average molecular weight is 390 g/mol. The number of aliphatic hydroxyl groups is 1. The number of ether oxygens (including phenoxy) is 1. The van der Waals surface area contributed by atoms with Gasteiger partial charge in [0.25, 0.3) is 5.91 Å². The second-order valence-electron chi connectivity index (χ2n) is 7.90. The molecule has 0 radical (unpaired) electrons. The maximum Gasteiger partial charge on any atom is 0.259 e. The molecule has 1 amide bonds. The van der Waals surface area contributed by atoms with Crippen molar-refractivity contribution in [2.45, 2.75) is 20.8 Å². The first-order valence-corrected chi connectivity index (χ1v) is 9.76. The van der Waals surface area contributed by atoms with Crippen LogP contribution in [0.15, 0.2) is 6.07 Å². The van der Waals surface area contributed by atoms with Gasteiger partial charge in [0.15, 0.2) is 5.65 Å². The summed E-state index contributed by atoms with van der Waals surface area (Å²) >= 11 is 0. The maximum absolute atomic E-state index is 13.3. The number of fused-ring (bicyclic) bond motifs is 1. The van der Waals surface area contributed by atoms with Gasteiger partial charge in [-0.25, -0.2) is 9.50 Å². The van der Waals surface area contributed by atoms with Crippen LogP contribution in [0.2, 0.25) is 0 Å². The molecule has 8 heteroatoms. The Kier molecular flexibility index (Phi) is 6.32. The number of likely N-dealkylation sites (tertiary alicyclic amines) is 1. The van der Waals surface area contributed by atoms with Crippen LogP contribution in [0.5, 0.6) is 0 Å². The van der Waals surface area contributed by atoms with Crippen molar-refractivity contribution in [1.82, 2.24) is 24.4 Å². The van der Waals surface area contributed by atoms with Crippen molar-refractivity contribution in [2.75, 3.05) is 53.6 Å². The van der Waals surface area contributed by atoms with Crippen molar-refractivity contribution in [2.24, 2.45) is 11.8 Å². The molecule has 8 nitrogen and oxygen atoms in total. The Morgan fingerprint density at radius 2 is 2.04 bits per heavy atom. The number of carbonyl (C=O) groups is 1. The molecule has 1 saturated heterocycles. The highest BCUT2D eigenvalue weighted by Gasteiger charge is 2.37. The first kappa shape index (κ1) is 20.7. The zero-order valence-electron chi connectivity index (χ0n) is 17.5.